The second-order valence-electron chi connectivity index (χ2n) is 4.84. The topological polar surface area (TPSA) is 54.2 Å². The van der Waals surface area contributed by atoms with Crippen molar-refractivity contribution in [1.82, 2.24) is 20.4 Å². The number of rotatable bonds is 4. The fourth-order valence-electron chi connectivity index (χ4n) is 2.12. The first kappa shape index (κ1) is 17.6. The van der Waals surface area contributed by atoms with Crippen molar-refractivity contribution in [1.29, 1.82) is 0 Å². The second kappa shape index (κ2) is 9.49. The lowest BCUT2D eigenvalue weighted by molar-refractivity contribution is 0.565. The third-order valence-electron chi connectivity index (χ3n) is 3.12. The number of halogens is 1. The highest BCUT2D eigenvalue weighted by Gasteiger charge is 2.14. The van der Waals surface area contributed by atoms with Gasteiger partial charge in [0, 0.05) is 31.6 Å². The first-order valence-corrected chi connectivity index (χ1v) is 7.97. The quantitative estimate of drug-likeness (QED) is 0.453. The van der Waals surface area contributed by atoms with Gasteiger partial charge in [-0.25, -0.2) is 0 Å². The summed E-state index contributed by atoms with van der Waals surface area (Å²) in [5.41, 5.74) is 1.20. The highest BCUT2D eigenvalue weighted by atomic mass is 127. The summed E-state index contributed by atoms with van der Waals surface area (Å²) in [6, 6.07) is 0.553. The fraction of sp³-hybridized carbons (Fsp3) is 0.692. The van der Waals surface area contributed by atoms with Gasteiger partial charge in [-0.15, -0.1) is 24.0 Å². The first-order chi connectivity index (χ1) is 9.28. The molecule has 7 heteroatoms. The lowest BCUT2D eigenvalue weighted by Crippen LogP contribution is -2.46. The number of aliphatic imine (C=N–C) groups is 1. The van der Waals surface area contributed by atoms with Crippen molar-refractivity contribution in [3.8, 4) is 0 Å². The zero-order valence-corrected chi connectivity index (χ0v) is 15.3. The van der Waals surface area contributed by atoms with Crippen LogP contribution in [0.2, 0.25) is 0 Å². The maximum atomic E-state index is 4.27. The lowest BCUT2D eigenvalue weighted by Gasteiger charge is -2.24. The number of aromatic nitrogens is 2. The van der Waals surface area contributed by atoms with Crippen molar-refractivity contribution in [3.05, 3.63) is 18.0 Å². The molecule has 0 bridgehead atoms. The van der Waals surface area contributed by atoms with Crippen molar-refractivity contribution in [2.45, 2.75) is 32.4 Å². The minimum Gasteiger partial charge on any atom is -0.355 e. The van der Waals surface area contributed by atoms with E-state index in [1.54, 1.807) is 0 Å². The molecule has 1 aliphatic rings. The molecule has 20 heavy (non-hydrogen) atoms. The van der Waals surface area contributed by atoms with Crippen LogP contribution in [0.4, 0.5) is 0 Å². The Hall–Kier alpha value is -0.440. The molecule has 0 saturated carbocycles. The van der Waals surface area contributed by atoms with E-state index in [2.05, 4.69) is 33.8 Å². The number of nitrogens with zero attached hydrogens (tertiary/aromatic N) is 3. The van der Waals surface area contributed by atoms with Gasteiger partial charge in [-0.05, 0) is 31.1 Å². The van der Waals surface area contributed by atoms with Crippen LogP contribution in [0.15, 0.2) is 17.4 Å². The molecule has 2 N–H and O–H groups in total. The maximum absolute atomic E-state index is 4.27. The van der Waals surface area contributed by atoms with Gasteiger partial charge in [-0.2, -0.15) is 16.9 Å². The Kier molecular flexibility index (Phi) is 8.35. The molecule has 1 aliphatic heterocycles. The molecular formula is C13H24IN5S. The van der Waals surface area contributed by atoms with E-state index in [9.17, 15) is 0 Å². The van der Waals surface area contributed by atoms with Crippen LogP contribution in [0.1, 0.15) is 18.4 Å². The van der Waals surface area contributed by atoms with E-state index in [1.165, 1.54) is 29.9 Å². The van der Waals surface area contributed by atoms with Crippen molar-refractivity contribution >= 4 is 41.7 Å². The standard InChI is InChI=1S/C13H23N5S.HI/c1-11-8-16-18(9-11)6-5-15-13(14-2)17-12-4-3-7-19-10-12;/h8-9,12H,3-7,10H2,1-2H3,(H2,14,15,17);1H. The molecule has 0 aromatic carbocycles. The van der Waals surface area contributed by atoms with Gasteiger partial charge in [-0.1, -0.05) is 0 Å². The molecule has 1 saturated heterocycles. The molecule has 0 amide bonds. The molecule has 1 aromatic heterocycles. The lowest BCUT2D eigenvalue weighted by atomic mass is 10.2. The zero-order valence-electron chi connectivity index (χ0n) is 12.1. The Labute approximate surface area is 142 Å². The van der Waals surface area contributed by atoms with Crippen molar-refractivity contribution in [2.75, 3.05) is 25.1 Å². The highest BCUT2D eigenvalue weighted by Crippen LogP contribution is 2.16. The molecule has 2 rings (SSSR count). The van der Waals surface area contributed by atoms with E-state index >= 15 is 0 Å². The van der Waals surface area contributed by atoms with Gasteiger partial charge < -0.3 is 10.6 Å². The van der Waals surface area contributed by atoms with Crippen molar-refractivity contribution < 1.29 is 0 Å². The van der Waals surface area contributed by atoms with Gasteiger partial charge in [0.05, 0.1) is 12.7 Å². The van der Waals surface area contributed by atoms with Crippen LogP contribution in [0.3, 0.4) is 0 Å². The molecule has 5 nitrogen and oxygen atoms in total. The van der Waals surface area contributed by atoms with Crippen LogP contribution < -0.4 is 10.6 Å². The average molecular weight is 409 g/mol. The minimum absolute atomic E-state index is 0. The molecule has 1 atom stereocenters. The van der Waals surface area contributed by atoms with E-state index in [4.69, 9.17) is 0 Å². The number of thioether (sulfide) groups is 1. The smallest absolute Gasteiger partial charge is 0.191 e. The summed E-state index contributed by atoms with van der Waals surface area (Å²) in [5, 5.41) is 11.1. The molecule has 0 aliphatic carbocycles. The largest absolute Gasteiger partial charge is 0.355 e. The Bertz CT molecular complexity index is 415. The number of hydrogen-bond donors (Lipinski definition) is 2. The SMILES string of the molecule is CN=C(NCCn1cc(C)cn1)NC1CCCSC1.I. The maximum Gasteiger partial charge on any atom is 0.191 e. The average Bonchev–Trinajstić information content (AvgIpc) is 2.84. The van der Waals surface area contributed by atoms with Crippen LogP contribution in [0, 0.1) is 6.92 Å². The van der Waals surface area contributed by atoms with Crippen LogP contribution in [-0.2, 0) is 6.54 Å². The minimum atomic E-state index is 0. The summed E-state index contributed by atoms with van der Waals surface area (Å²) >= 11 is 2.02. The molecular weight excluding hydrogens is 385 g/mol. The normalized spacial score (nSPS) is 19.3. The Balaban J connectivity index is 0.00000200. The monoisotopic (exact) mass is 409 g/mol. The predicted molar refractivity (Wildman–Crippen MR) is 97.2 cm³/mol. The summed E-state index contributed by atoms with van der Waals surface area (Å²) < 4.78 is 1.95. The van der Waals surface area contributed by atoms with Gasteiger partial charge in [0.25, 0.3) is 0 Å². The summed E-state index contributed by atoms with van der Waals surface area (Å²) in [4.78, 5) is 4.27. The molecule has 0 radical (unpaired) electrons. The third kappa shape index (κ3) is 5.90. The van der Waals surface area contributed by atoms with E-state index in [1.807, 2.05) is 29.7 Å². The molecule has 114 valence electrons. The summed E-state index contributed by atoms with van der Waals surface area (Å²) in [7, 11) is 1.82. The number of nitrogens with one attached hydrogen (secondary N) is 2. The Morgan fingerprint density at radius 2 is 2.45 bits per heavy atom. The first-order valence-electron chi connectivity index (χ1n) is 6.82. The van der Waals surface area contributed by atoms with Gasteiger partial charge in [-0.3, -0.25) is 9.67 Å². The number of guanidine groups is 1. The summed E-state index contributed by atoms with van der Waals surface area (Å²) in [6.07, 6.45) is 6.47. The predicted octanol–water partition coefficient (Wildman–Crippen LogP) is 1.87. The van der Waals surface area contributed by atoms with E-state index in [-0.39, 0.29) is 24.0 Å². The molecule has 2 heterocycles. The molecule has 1 unspecified atom stereocenters. The van der Waals surface area contributed by atoms with Gasteiger partial charge in [0.2, 0.25) is 0 Å². The zero-order chi connectivity index (χ0) is 13.5. The molecule has 1 fully saturated rings. The second-order valence-corrected chi connectivity index (χ2v) is 5.99. The summed E-state index contributed by atoms with van der Waals surface area (Å²) in [6.45, 7) is 3.74. The van der Waals surface area contributed by atoms with Crippen LogP contribution >= 0.6 is 35.7 Å². The van der Waals surface area contributed by atoms with E-state index in [0.29, 0.717) is 6.04 Å². The van der Waals surface area contributed by atoms with Crippen LogP contribution in [0.25, 0.3) is 0 Å². The van der Waals surface area contributed by atoms with Crippen LogP contribution in [0.5, 0.6) is 0 Å². The number of hydrogen-bond acceptors (Lipinski definition) is 3. The summed E-state index contributed by atoms with van der Waals surface area (Å²) in [5.74, 6) is 3.37. The molecule has 1 aromatic rings. The van der Waals surface area contributed by atoms with E-state index < -0.39 is 0 Å². The van der Waals surface area contributed by atoms with Gasteiger partial charge in [0.15, 0.2) is 5.96 Å². The van der Waals surface area contributed by atoms with Gasteiger partial charge >= 0.3 is 0 Å². The fourth-order valence-corrected chi connectivity index (χ4v) is 3.19. The Morgan fingerprint density at radius 3 is 3.05 bits per heavy atom. The van der Waals surface area contributed by atoms with Crippen molar-refractivity contribution in [3.63, 3.8) is 0 Å². The van der Waals surface area contributed by atoms with Gasteiger partial charge in [0.1, 0.15) is 0 Å². The Morgan fingerprint density at radius 1 is 1.60 bits per heavy atom. The molecule has 0 spiro atoms. The third-order valence-corrected chi connectivity index (χ3v) is 4.34. The van der Waals surface area contributed by atoms with E-state index in [0.717, 1.165) is 19.0 Å². The van der Waals surface area contributed by atoms with Crippen LogP contribution in [-0.4, -0.2) is 46.9 Å². The van der Waals surface area contributed by atoms with Crippen molar-refractivity contribution in [2.24, 2.45) is 4.99 Å². The highest BCUT2D eigenvalue weighted by molar-refractivity contribution is 14.0. The number of aryl methyl sites for hydroxylation is 1.